The van der Waals surface area contributed by atoms with Crippen LogP contribution in [0.4, 0.5) is 0 Å². The van der Waals surface area contributed by atoms with Crippen LogP contribution < -0.4 is 5.32 Å². The van der Waals surface area contributed by atoms with E-state index in [0.29, 0.717) is 5.69 Å². The third-order valence-corrected chi connectivity index (χ3v) is 2.46. The molecule has 0 fully saturated rings. The summed E-state index contributed by atoms with van der Waals surface area (Å²) in [4.78, 5) is 14.4. The number of aliphatic hydroxyl groups excluding tert-OH is 2. The molecule has 1 aromatic rings. The molecule has 5 nitrogen and oxygen atoms in total. The maximum atomic E-state index is 11.6. The van der Waals surface area contributed by atoms with E-state index in [0.717, 1.165) is 4.47 Å². The molecule has 0 aliphatic heterocycles. The van der Waals surface area contributed by atoms with E-state index < -0.39 is 5.54 Å². The molecule has 6 heteroatoms. The molecule has 0 atom stereocenters. The fourth-order valence-corrected chi connectivity index (χ4v) is 1.31. The quantitative estimate of drug-likeness (QED) is 0.636. The fourth-order valence-electron chi connectivity index (χ4n) is 0.969. The van der Waals surface area contributed by atoms with Gasteiger partial charge in [0.05, 0.1) is 18.8 Å². The molecule has 0 spiro atoms. The Balaban J connectivity index is 2.71. The van der Waals surface area contributed by atoms with Crippen molar-refractivity contribution in [3.8, 4) is 0 Å². The molecule has 0 aliphatic carbocycles. The average molecular weight is 277 g/mol. The van der Waals surface area contributed by atoms with E-state index in [4.69, 9.17) is 10.2 Å². The van der Waals surface area contributed by atoms with Crippen molar-refractivity contribution in [2.24, 2.45) is 0 Å². The highest BCUT2D eigenvalue weighted by atomic mass is 79.9. The van der Waals surface area contributed by atoms with Crippen molar-refractivity contribution in [1.82, 2.24) is 10.3 Å². The monoisotopic (exact) mass is 276 g/mol. The molecule has 0 unspecified atom stereocenters. The SMILES string of the molecule is CC(CO)(CO)NC(=O)c1cc(Br)c[nH]1. The predicted octanol–water partition coefficient (Wildman–Crippen LogP) is 0.250. The molecule has 0 aromatic carbocycles. The molecule has 0 bridgehead atoms. The van der Waals surface area contributed by atoms with Crippen molar-refractivity contribution >= 4 is 21.8 Å². The van der Waals surface area contributed by atoms with Gasteiger partial charge in [0, 0.05) is 10.7 Å². The lowest BCUT2D eigenvalue weighted by Gasteiger charge is -2.25. The van der Waals surface area contributed by atoms with E-state index in [-0.39, 0.29) is 19.1 Å². The van der Waals surface area contributed by atoms with Crippen LogP contribution in [-0.4, -0.2) is 39.9 Å². The number of carbonyl (C=O) groups is 1. The zero-order valence-electron chi connectivity index (χ0n) is 8.25. The molecule has 0 aliphatic rings. The third kappa shape index (κ3) is 3.05. The van der Waals surface area contributed by atoms with Gasteiger partial charge >= 0.3 is 0 Å². The number of hydrogen-bond acceptors (Lipinski definition) is 3. The normalized spacial score (nSPS) is 11.5. The lowest BCUT2D eigenvalue weighted by molar-refractivity contribution is 0.0720. The summed E-state index contributed by atoms with van der Waals surface area (Å²) < 4.78 is 0.766. The average Bonchev–Trinajstić information content (AvgIpc) is 2.65. The maximum absolute atomic E-state index is 11.6. The highest BCUT2D eigenvalue weighted by molar-refractivity contribution is 9.10. The van der Waals surface area contributed by atoms with Crippen LogP contribution in [0, 0.1) is 0 Å². The second-order valence-corrected chi connectivity index (χ2v) is 4.48. The number of H-pyrrole nitrogens is 1. The van der Waals surface area contributed by atoms with Gasteiger partial charge in [0.2, 0.25) is 0 Å². The van der Waals surface area contributed by atoms with Crippen LogP contribution in [0.2, 0.25) is 0 Å². The van der Waals surface area contributed by atoms with Gasteiger partial charge in [-0.25, -0.2) is 0 Å². The van der Waals surface area contributed by atoms with Gasteiger partial charge in [-0.3, -0.25) is 4.79 Å². The summed E-state index contributed by atoms with van der Waals surface area (Å²) in [7, 11) is 0. The van der Waals surface area contributed by atoms with Crippen LogP contribution in [0.5, 0.6) is 0 Å². The van der Waals surface area contributed by atoms with Gasteiger partial charge in [0.15, 0.2) is 0 Å². The minimum atomic E-state index is -1.01. The van der Waals surface area contributed by atoms with Gasteiger partial charge in [0.1, 0.15) is 5.69 Å². The molecule has 0 saturated heterocycles. The van der Waals surface area contributed by atoms with Crippen molar-refractivity contribution < 1.29 is 15.0 Å². The Morgan fingerprint density at radius 1 is 1.60 bits per heavy atom. The highest BCUT2D eigenvalue weighted by Gasteiger charge is 2.25. The Labute approximate surface area is 95.6 Å². The molecule has 84 valence electrons. The van der Waals surface area contributed by atoms with Crippen LogP contribution in [0.1, 0.15) is 17.4 Å². The first kappa shape index (κ1) is 12.2. The number of aromatic amines is 1. The lowest BCUT2D eigenvalue weighted by atomic mass is 10.1. The van der Waals surface area contributed by atoms with Crippen molar-refractivity contribution in [3.63, 3.8) is 0 Å². The molecule has 0 saturated carbocycles. The first-order valence-electron chi connectivity index (χ1n) is 4.39. The molecule has 15 heavy (non-hydrogen) atoms. The summed E-state index contributed by atoms with van der Waals surface area (Å²) in [6, 6.07) is 1.62. The van der Waals surface area contributed by atoms with Gasteiger partial charge in [-0.2, -0.15) is 0 Å². The standard InChI is InChI=1S/C9H13BrN2O3/c1-9(4-13,5-14)12-8(15)7-2-6(10)3-11-7/h2-3,11,13-14H,4-5H2,1H3,(H,12,15). The maximum Gasteiger partial charge on any atom is 0.268 e. The summed E-state index contributed by atoms with van der Waals surface area (Å²) in [5, 5.41) is 20.5. The Bertz CT molecular complexity index is 347. The van der Waals surface area contributed by atoms with Gasteiger partial charge in [-0.1, -0.05) is 0 Å². The Kier molecular flexibility index (Phi) is 3.90. The van der Waals surface area contributed by atoms with Crippen molar-refractivity contribution in [1.29, 1.82) is 0 Å². The predicted molar refractivity (Wildman–Crippen MR) is 58.5 cm³/mol. The molecule has 0 radical (unpaired) electrons. The van der Waals surface area contributed by atoms with E-state index in [9.17, 15) is 4.79 Å². The van der Waals surface area contributed by atoms with Crippen LogP contribution in [-0.2, 0) is 0 Å². The number of hydrogen-bond donors (Lipinski definition) is 4. The summed E-state index contributed by atoms with van der Waals surface area (Å²) in [6.45, 7) is 0.914. The van der Waals surface area contributed by atoms with Gasteiger partial charge in [-0.15, -0.1) is 0 Å². The summed E-state index contributed by atoms with van der Waals surface area (Å²) in [5.41, 5.74) is -0.635. The number of rotatable bonds is 4. The largest absolute Gasteiger partial charge is 0.394 e. The highest BCUT2D eigenvalue weighted by Crippen LogP contribution is 2.11. The third-order valence-electron chi connectivity index (χ3n) is 2.01. The molecular formula is C9H13BrN2O3. The molecule has 1 heterocycles. The van der Waals surface area contributed by atoms with E-state index in [1.165, 1.54) is 0 Å². The number of halogens is 1. The van der Waals surface area contributed by atoms with E-state index in [1.54, 1.807) is 19.2 Å². The molecule has 1 amide bonds. The molecular weight excluding hydrogens is 264 g/mol. The Morgan fingerprint density at radius 2 is 2.20 bits per heavy atom. The first-order chi connectivity index (χ1) is 7.00. The van der Waals surface area contributed by atoms with E-state index in [1.807, 2.05) is 0 Å². The number of amides is 1. The molecule has 1 rings (SSSR count). The number of aromatic nitrogens is 1. The summed E-state index contributed by atoms with van der Waals surface area (Å²) in [5.74, 6) is -0.369. The Morgan fingerprint density at radius 3 is 2.60 bits per heavy atom. The van der Waals surface area contributed by atoms with Crippen LogP contribution in [0.3, 0.4) is 0 Å². The summed E-state index contributed by atoms with van der Waals surface area (Å²) in [6.07, 6.45) is 1.63. The van der Waals surface area contributed by atoms with Crippen LogP contribution in [0.25, 0.3) is 0 Å². The van der Waals surface area contributed by atoms with Crippen LogP contribution in [0.15, 0.2) is 16.7 Å². The topological polar surface area (TPSA) is 85.3 Å². The van der Waals surface area contributed by atoms with Crippen molar-refractivity contribution in [2.75, 3.05) is 13.2 Å². The van der Waals surface area contributed by atoms with Crippen LogP contribution >= 0.6 is 15.9 Å². The Hall–Kier alpha value is -0.850. The van der Waals surface area contributed by atoms with E-state index >= 15 is 0 Å². The minimum absolute atomic E-state index is 0.322. The van der Waals surface area contributed by atoms with Gasteiger partial charge in [-0.05, 0) is 28.9 Å². The zero-order chi connectivity index (χ0) is 11.5. The molecule has 4 N–H and O–H groups in total. The second kappa shape index (κ2) is 4.78. The minimum Gasteiger partial charge on any atom is -0.394 e. The number of nitrogens with one attached hydrogen (secondary N) is 2. The fraction of sp³-hybridized carbons (Fsp3) is 0.444. The van der Waals surface area contributed by atoms with Gasteiger partial charge in [0.25, 0.3) is 5.91 Å². The lowest BCUT2D eigenvalue weighted by Crippen LogP contribution is -2.51. The van der Waals surface area contributed by atoms with Crippen molar-refractivity contribution in [3.05, 3.63) is 22.4 Å². The van der Waals surface area contributed by atoms with Gasteiger partial charge < -0.3 is 20.5 Å². The van der Waals surface area contributed by atoms with E-state index in [2.05, 4.69) is 26.2 Å². The smallest absolute Gasteiger partial charge is 0.268 e. The number of carbonyl (C=O) groups excluding carboxylic acids is 1. The summed E-state index contributed by atoms with van der Waals surface area (Å²) >= 11 is 3.20. The zero-order valence-corrected chi connectivity index (χ0v) is 9.84. The first-order valence-corrected chi connectivity index (χ1v) is 5.18. The number of aliphatic hydroxyl groups is 2. The second-order valence-electron chi connectivity index (χ2n) is 3.56. The molecule has 1 aromatic heterocycles. The van der Waals surface area contributed by atoms with Crippen molar-refractivity contribution in [2.45, 2.75) is 12.5 Å².